The Labute approximate surface area is 202 Å². The van der Waals surface area contributed by atoms with Crippen LogP contribution in [-0.2, 0) is 20.9 Å². The fourth-order valence-corrected chi connectivity index (χ4v) is 5.98. The number of hydrogen-bond acceptors (Lipinski definition) is 5. The van der Waals surface area contributed by atoms with Gasteiger partial charge in [0.25, 0.3) is 10.0 Å². The lowest BCUT2D eigenvalue weighted by atomic mass is 9.98. The molecule has 5 rings (SSSR count). The molecule has 2 aliphatic rings. The number of aromatic nitrogens is 1. The number of morpholine rings is 1. The number of rotatable bonds is 4. The Balaban J connectivity index is 1.60. The molecule has 1 fully saturated rings. The summed E-state index contributed by atoms with van der Waals surface area (Å²) in [7, 11) is -2.07. The Morgan fingerprint density at radius 1 is 0.971 bits per heavy atom. The molecule has 6 nitrogen and oxygen atoms in total. The van der Waals surface area contributed by atoms with Gasteiger partial charge in [0.1, 0.15) is 0 Å². The Morgan fingerprint density at radius 3 is 2.31 bits per heavy atom. The first-order chi connectivity index (χ1) is 16.6. The van der Waals surface area contributed by atoms with Crippen LogP contribution in [0.4, 0.5) is 18.9 Å². The predicted molar refractivity (Wildman–Crippen MR) is 129 cm³/mol. The molecule has 0 radical (unpaired) electrons. The molecule has 0 aliphatic carbocycles. The molecule has 0 saturated carbocycles. The molecular formula is C25H26F3N3O3S. The van der Waals surface area contributed by atoms with E-state index in [-0.39, 0.29) is 15.8 Å². The van der Waals surface area contributed by atoms with E-state index in [2.05, 4.69) is 9.80 Å². The molecule has 186 valence electrons. The van der Waals surface area contributed by atoms with E-state index in [0.29, 0.717) is 31.7 Å². The molecule has 2 aliphatic heterocycles. The molecule has 10 heteroatoms. The van der Waals surface area contributed by atoms with Crippen molar-refractivity contribution in [2.24, 2.45) is 0 Å². The monoisotopic (exact) mass is 505 g/mol. The highest BCUT2D eigenvalue weighted by atomic mass is 32.2. The maximum absolute atomic E-state index is 13.6. The van der Waals surface area contributed by atoms with E-state index in [1.165, 1.54) is 12.3 Å². The summed E-state index contributed by atoms with van der Waals surface area (Å²) in [5.74, 6) is 0. The van der Waals surface area contributed by atoms with E-state index < -0.39 is 21.8 Å². The van der Waals surface area contributed by atoms with Crippen molar-refractivity contribution in [3.05, 3.63) is 65.9 Å². The van der Waals surface area contributed by atoms with Gasteiger partial charge in [-0.3, -0.25) is 0 Å². The minimum absolute atomic E-state index is 0.0789. The third kappa shape index (κ3) is 4.57. The molecule has 1 saturated heterocycles. The second kappa shape index (κ2) is 9.00. The molecule has 3 heterocycles. The third-order valence-corrected chi connectivity index (χ3v) is 8.31. The van der Waals surface area contributed by atoms with Crippen LogP contribution in [0.5, 0.6) is 0 Å². The van der Waals surface area contributed by atoms with Gasteiger partial charge in [-0.25, -0.2) is 12.4 Å². The van der Waals surface area contributed by atoms with Crippen LogP contribution in [-0.4, -0.2) is 63.7 Å². The maximum Gasteiger partial charge on any atom is 0.416 e. The van der Waals surface area contributed by atoms with Gasteiger partial charge < -0.3 is 14.5 Å². The summed E-state index contributed by atoms with van der Waals surface area (Å²) in [4.78, 5) is 4.29. The number of alkyl halides is 3. The van der Waals surface area contributed by atoms with Crippen LogP contribution < -0.4 is 4.90 Å². The number of nitrogens with zero attached hydrogens (tertiary/aromatic N) is 3. The fourth-order valence-electron chi connectivity index (χ4n) is 4.61. The van der Waals surface area contributed by atoms with Gasteiger partial charge in [-0.1, -0.05) is 6.08 Å². The lowest BCUT2D eigenvalue weighted by Gasteiger charge is -2.28. The molecular weight excluding hydrogens is 479 g/mol. The summed E-state index contributed by atoms with van der Waals surface area (Å²) >= 11 is 0. The van der Waals surface area contributed by atoms with Crippen LogP contribution >= 0.6 is 0 Å². The molecule has 0 unspecified atom stereocenters. The van der Waals surface area contributed by atoms with Crippen LogP contribution in [0.1, 0.15) is 17.5 Å². The van der Waals surface area contributed by atoms with Gasteiger partial charge in [0.2, 0.25) is 0 Å². The molecule has 0 spiro atoms. The quantitative estimate of drug-likeness (QED) is 0.525. The van der Waals surface area contributed by atoms with Gasteiger partial charge >= 0.3 is 6.18 Å². The number of benzene rings is 2. The number of likely N-dealkylation sites (N-methyl/N-ethyl adjacent to an activating group) is 1. The molecule has 35 heavy (non-hydrogen) atoms. The average Bonchev–Trinajstić information content (AvgIpc) is 3.24. The standard InChI is InChI=1S/C25H26F3N3O3S/c1-29-10-8-18(9-11-29)23-17-31(24-7-2-19(16-22(23)24)25(26,27)28)35(32,33)21-5-3-20(4-6-21)30-12-14-34-15-13-30/h2-8,16-17H,9-15H2,1H3. The summed E-state index contributed by atoms with van der Waals surface area (Å²) in [6.45, 7) is 4.07. The van der Waals surface area contributed by atoms with Gasteiger partial charge in [0, 0.05) is 49.0 Å². The first-order valence-corrected chi connectivity index (χ1v) is 12.9. The topological polar surface area (TPSA) is 54.8 Å². The van der Waals surface area contributed by atoms with E-state index in [4.69, 9.17) is 4.74 Å². The van der Waals surface area contributed by atoms with Crippen LogP contribution in [0.3, 0.4) is 0 Å². The van der Waals surface area contributed by atoms with Crippen molar-refractivity contribution in [1.29, 1.82) is 0 Å². The Kier molecular flexibility index (Phi) is 6.14. The fraction of sp³-hybridized carbons (Fsp3) is 0.360. The van der Waals surface area contributed by atoms with Crippen molar-refractivity contribution < 1.29 is 26.3 Å². The Hall–Kier alpha value is -2.82. The van der Waals surface area contributed by atoms with Crippen molar-refractivity contribution in [3.8, 4) is 0 Å². The van der Waals surface area contributed by atoms with Gasteiger partial charge in [0.15, 0.2) is 0 Å². The maximum atomic E-state index is 13.6. The van der Waals surface area contributed by atoms with Crippen LogP contribution in [0.2, 0.25) is 0 Å². The van der Waals surface area contributed by atoms with E-state index in [1.807, 2.05) is 13.1 Å². The number of halogens is 3. The molecule has 0 N–H and O–H groups in total. The second-order valence-electron chi connectivity index (χ2n) is 8.91. The zero-order valence-corrected chi connectivity index (χ0v) is 20.1. The average molecular weight is 506 g/mol. The third-order valence-electron chi connectivity index (χ3n) is 6.63. The molecule has 0 amide bonds. The number of anilines is 1. The van der Waals surface area contributed by atoms with E-state index >= 15 is 0 Å². The van der Waals surface area contributed by atoms with Crippen molar-refractivity contribution in [3.63, 3.8) is 0 Å². The summed E-state index contributed by atoms with van der Waals surface area (Å²) in [6.07, 6.45) is -0.483. The minimum atomic E-state index is -4.52. The van der Waals surface area contributed by atoms with Crippen molar-refractivity contribution in [2.75, 3.05) is 51.3 Å². The highest BCUT2D eigenvalue weighted by molar-refractivity contribution is 7.90. The van der Waals surface area contributed by atoms with Crippen molar-refractivity contribution in [1.82, 2.24) is 8.87 Å². The first-order valence-electron chi connectivity index (χ1n) is 11.4. The summed E-state index contributed by atoms with van der Waals surface area (Å²) in [5.41, 5.74) is 1.70. The second-order valence-corrected chi connectivity index (χ2v) is 10.7. The highest BCUT2D eigenvalue weighted by Gasteiger charge is 2.32. The van der Waals surface area contributed by atoms with Crippen LogP contribution in [0, 0.1) is 0 Å². The normalized spacial score (nSPS) is 18.2. The van der Waals surface area contributed by atoms with Gasteiger partial charge in [-0.15, -0.1) is 0 Å². The lowest BCUT2D eigenvalue weighted by Crippen LogP contribution is -2.36. The van der Waals surface area contributed by atoms with E-state index in [0.717, 1.165) is 47.0 Å². The van der Waals surface area contributed by atoms with Crippen LogP contribution in [0.15, 0.2) is 59.6 Å². The highest BCUT2D eigenvalue weighted by Crippen LogP contribution is 2.37. The van der Waals surface area contributed by atoms with Gasteiger partial charge in [-0.05, 0) is 61.5 Å². The Bertz CT molecular complexity index is 1370. The molecule has 2 aromatic carbocycles. The smallest absolute Gasteiger partial charge is 0.378 e. The first kappa shape index (κ1) is 23.9. The largest absolute Gasteiger partial charge is 0.416 e. The molecule has 0 atom stereocenters. The molecule has 0 bridgehead atoms. The summed E-state index contributed by atoms with van der Waals surface area (Å²) in [5, 5.41) is 0.282. The van der Waals surface area contributed by atoms with Gasteiger partial charge in [-0.2, -0.15) is 13.2 Å². The van der Waals surface area contributed by atoms with Crippen LogP contribution in [0.25, 0.3) is 16.5 Å². The predicted octanol–water partition coefficient (Wildman–Crippen LogP) is 4.45. The van der Waals surface area contributed by atoms with E-state index in [1.54, 1.807) is 24.3 Å². The van der Waals surface area contributed by atoms with Crippen molar-refractivity contribution >= 4 is 32.2 Å². The zero-order valence-electron chi connectivity index (χ0n) is 19.3. The SMILES string of the molecule is CN1CC=C(c2cn(S(=O)(=O)c3ccc(N4CCOCC4)cc3)c3ccc(C(F)(F)F)cc23)CC1. The summed E-state index contributed by atoms with van der Waals surface area (Å²) in [6, 6.07) is 9.84. The number of hydrogen-bond donors (Lipinski definition) is 0. The van der Waals surface area contributed by atoms with Gasteiger partial charge in [0.05, 0.1) is 29.2 Å². The minimum Gasteiger partial charge on any atom is -0.378 e. The number of ether oxygens (including phenoxy) is 1. The zero-order chi connectivity index (χ0) is 24.8. The summed E-state index contributed by atoms with van der Waals surface area (Å²) < 4.78 is 74.2. The lowest BCUT2D eigenvalue weighted by molar-refractivity contribution is -0.137. The number of fused-ring (bicyclic) bond motifs is 1. The van der Waals surface area contributed by atoms with Crippen molar-refractivity contribution in [2.45, 2.75) is 17.5 Å². The van der Waals surface area contributed by atoms with E-state index in [9.17, 15) is 21.6 Å². The molecule has 1 aromatic heterocycles. The Morgan fingerprint density at radius 2 is 1.69 bits per heavy atom. The molecule has 3 aromatic rings.